The van der Waals surface area contributed by atoms with Gasteiger partial charge in [-0.05, 0) is 37.1 Å². The standard InChI is InChI=1S/C17H19N3OS/c1-3-15-13(2)11-16(22-15)17(21)20(10-6-8-18)12-14-7-4-5-9-19-14/h4-5,7,9,11H,3,6,10,12H2,1-2H3. The topological polar surface area (TPSA) is 57.0 Å². The quantitative estimate of drug-likeness (QED) is 0.819. The second kappa shape index (κ2) is 7.71. The van der Waals surface area contributed by atoms with Crippen LogP contribution in [0.15, 0.2) is 30.5 Å². The zero-order valence-corrected chi connectivity index (χ0v) is 13.7. The number of rotatable bonds is 6. The number of aryl methyl sites for hydroxylation is 2. The lowest BCUT2D eigenvalue weighted by Crippen LogP contribution is -2.31. The number of aromatic nitrogens is 1. The molecule has 4 nitrogen and oxygen atoms in total. The van der Waals surface area contributed by atoms with E-state index < -0.39 is 0 Å². The van der Waals surface area contributed by atoms with Gasteiger partial charge in [0.05, 0.1) is 29.6 Å². The minimum Gasteiger partial charge on any atom is -0.331 e. The number of pyridine rings is 1. The van der Waals surface area contributed by atoms with Crippen molar-refractivity contribution < 1.29 is 4.79 Å². The van der Waals surface area contributed by atoms with Gasteiger partial charge in [0.2, 0.25) is 0 Å². The molecule has 5 heteroatoms. The summed E-state index contributed by atoms with van der Waals surface area (Å²) in [6.07, 6.45) is 2.97. The molecule has 0 aliphatic carbocycles. The lowest BCUT2D eigenvalue weighted by molar-refractivity contribution is 0.0749. The first-order valence-corrected chi connectivity index (χ1v) is 8.12. The molecule has 0 atom stereocenters. The van der Waals surface area contributed by atoms with Crippen LogP contribution in [0.5, 0.6) is 0 Å². The Morgan fingerprint density at radius 1 is 1.45 bits per heavy atom. The van der Waals surface area contributed by atoms with E-state index in [2.05, 4.69) is 18.0 Å². The summed E-state index contributed by atoms with van der Waals surface area (Å²) in [7, 11) is 0. The van der Waals surface area contributed by atoms with E-state index in [0.717, 1.165) is 22.6 Å². The number of carbonyl (C=O) groups excluding carboxylic acids is 1. The Hall–Kier alpha value is -2.19. The summed E-state index contributed by atoms with van der Waals surface area (Å²) in [5.41, 5.74) is 1.99. The summed E-state index contributed by atoms with van der Waals surface area (Å²) in [4.78, 5) is 20.7. The van der Waals surface area contributed by atoms with E-state index in [1.165, 1.54) is 4.88 Å². The summed E-state index contributed by atoms with van der Waals surface area (Å²) in [5, 5.41) is 8.82. The van der Waals surface area contributed by atoms with Crippen LogP contribution in [0.2, 0.25) is 0 Å². The SMILES string of the molecule is CCc1sc(C(=O)N(CCC#N)Cc2ccccn2)cc1C. The van der Waals surface area contributed by atoms with Crippen LogP contribution < -0.4 is 0 Å². The Labute approximate surface area is 135 Å². The molecule has 0 aromatic carbocycles. The Balaban J connectivity index is 2.20. The van der Waals surface area contributed by atoms with Crippen molar-refractivity contribution in [2.24, 2.45) is 0 Å². The van der Waals surface area contributed by atoms with Gasteiger partial charge in [-0.1, -0.05) is 13.0 Å². The first kappa shape index (κ1) is 16.2. The highest BCUT2D eigenvalue weighted by Gasteiger charge is 2.19. The van der Waals surface area contributed by atoms with E-state index in [1.54, 1.807) is 22.4 Å². The van der Waals surface area contributed by atoms with Gasteiger partial charge in [-0.2, -0.15) is 5.26 Å². The van der Waals surface area contributed by atoms with E-state index in [4.69, 9.17) is 5.26 Å². The summed E-state index contributed by atoms with van der Waals surface area (Å²) < 4.78 is 0. The van der Waals surface area contributed by atoms with Gasteiger partial charge in [0, 0.05) is 17.6 Å². The molecule has 114 valence electrons. The third-order valence-corrected chi connectivity index (χ3v) is 4.78. The lowest BCUT2D eigenvalue weighted by atomic mass is 10.2. The molecule has 22 heavy (non-hydrogen) atoms. The number of amides is 1. The molecule has 0 unspecified atom stereocenters. The van der Waals surface area contributed by atoms with Crippen LogP contribution in [0.3, 0.4) is 0 Å². The Morgan fingerprint density at radius 2 is 2.27 bits per heavy atom. The Bertz CT molecular complexity index is 673. The smallest absolute Gasteiger partial charge is 0.264 e. The third kappa shape index (κ3) is 3.92. The first-order valence-electron chi connectivity index (χ1n) is 7.31. The van der Waals surface area contributed by atoms with Crippen molar-refractivity contribution in [3.8, 4) is 6.07 Å². The average Bonchev–Trinajstić information content (AvgIpc) is 2.92. The van der Waals surface area contributed by atoms with Crippen LogP contribution >= 0.6 is 11.3 Å². The van der Waals surface area contributed by atoms with Gasteiger partial charge < -0.3 is 4.90 Å². The van der Waals surface area contributed by atoms with Gasteiger partial charge in [-0.3, -0.25) is 9.78 Å². The van der Waals surface area contributed by atoms with E-state index in [9.17, 15) is 4.79 Å². The van der Waals surface area contributed by atoms with Gasteiger partial charge >= 0.3 is 0 Å². The lowest BCUT2D eigenvalue weighted by Gasteiger charge is -2.20. The molecule has 1 amide bonds. The molecular weight excluding hydrogens is 294 g/mol. The van der Waals surface area contributed by atoms with Crippen molar-refractivity contribution in [2.45, 2.75) is 33.2 Å². The van der Waals surface area contributed by atoms with Crippen LogP contribution in [0.25, 0.3) is 0 Å². The molecule has 0 spiro atoms. The number of carbonyl (C=O) groups is 1. The number of nitriles is 1. The monoisotopic (exact) mass is 313 g/mol. The zero-order valence-electron chi connectivity index (χ0n) is 12.9. The van der Waals surface area contributed by atoms with E-state index in [0.29, 0.717) is 19.5 Å². The summed E-state index contributed by atoms with van der Waals surface area (Å²) in [6, 6.07) is 9.70. The van der Waals surface area contributed by atoms with Gasteiger partial charge in [-0.15, -0.1) is 11.3 Å². The number of hydrogen-bond donors (Lipinski definition) is 0. The predicted octanol–water partition coefficient (Wildman–Crippen LogP) is 3.57. The van der Waals surface area contributed by atoms with Crippen molar-refractivity contribution in [2.75, 3.05) is 6.54 Å². The van der Waals surface area contributed by atoms with E-state index in [-0.39, 0.29) is 5.91 Å². The average molecular weight is 313 g/mol. The number of hydrogen-bond acceptors (Lipinski definition) is 4. The molecule has 0 fully saturated rings. The normalized spacial score (nSPS) is 10.2. The van der Waals surface area contributed by atoms with Crippen LogP contribution in [-0.4, -0.2) is 22.3 Å². The number of nitrogens with zero attached hydrogens (tertiary/aromatic N) is 3. The van der Waals surface area contributed by atoms with E-state index >= 15 is 0 Å². The summed E-state index contributed by atoms with van der Waals surface area (Å²) in [6.45, 7) is 4.98. The molecule has 2 heterocycles. The largest absolute Gasteiger partial charge is 0.331 e. The maximum Gasteiger partial charge on any atom is 0.264 e. The number of thiophene rings is 1. The van der Waals surface area contributed by atoms with Crippen molar-refractivity contribution >= 4 is 17.2 Å². The molecule has 0 aliphatic heterocycles. The van der Waals surface area contributed by atoms with Crippen molar-refractivity contribution in [3.63, 3.8) is 0 Å². The van der Waals surface area contributed by atoms with Crippen LogP contribution in [0.1, 0.15) is 39.2 Å². The highest BCUT2D eigenvalue weighted by molar-refractivity contribution is 7.14. The predicted molar refractivity (Wildman–Crippen MR) is 87.6 cm³/mol. The minimum atomic E-state index is -0.0197. The molecule has 0 saturated carbocycles. The zero-order chi connectivity index (χ0) is 15.9. The fraction of sp³-hybridized carbons (Fsp3) is 0.353. The van der Waals surface area contributed by atoms with Gasteiger partial charge in [-0.25, -0.2) is 0 Å². The molecule has 0 radical (unpaired) electrons. The molecule has 2 rings (SSSR count). The summed E-state index contributed by atoms with van der Waals surface area (Å²) >= 11 is 1.55. The maximum absolute atomic E-state index is 12.7. The van der Waals surface area contributed by atoms with Crippen LogP contribution in [0, 0.1) is 18.3 Å². The van der Waals surface area contributed by atoms with Gasteiger partial charge in [0.15, 0.2) is 0 Å². The fourth-order valence-corrected chi connectivity index (χ4v) is 3.34. The highest BCUT2D eigenvalue weighted by atomic mass is 32.1. The van der Waals surface area contributed by atoms with E-state index in [1.807, 2.05) is 31.2 Å². The molecule has 2 aromatic heterocycles. The minimum absolute atomic E-state index is 0.0197. The van der Waals surface area contributed by atoms with Gasteiger partial charge in [0.25, 0.3) is 5.91 Å². The Kier molecular flexibility index (Phi) is 5.68. The maximum atomic E-state index is 12.7. The Morgan fingerprint density at radius 3 is 2.86 bits per heavy atom. The summed E-state index contributed by atoms with van der Waals surface area (Å²) in [5.74, 6) is -0.0197. The van der Waals surface area contributed by atoms with Gasteiger partial charge in [0.1, 0.15) is 0 Å². The fourth-order valence-electron chi connectivity index (χ4n) is 2.26. The molecule has 0 saturated heterocycles. The third-order valence-electron chi connectivity index (χ3n) is 3.41. The second-order valence-corrected chi connectivity index (χ2v) is 6.16. The van der Waals surface area contributed by atoms with Crippen molar-refractivity contribution in [1.29, 1.82) is 5.26 Å². The first-order chi connectivity index (χ1) is 10.7. The highest BCUT2D eigenvalue weighted by Crippen LogP contribution is 2.24. The van der Waals surface area contributed by atoms with Crippen molar-refractivity contribution in [3.05, 3.63) is 51.5 Å². The van der Waals surface area contributed by atoms with Crippen LogP contribution in [0.4, 0.5) is 0 Å². The van der Waals surface area contributed by atoms with Crippen LogP contribution in [-0.2, 0) is 13.0 Å². The molecule has 0 bridgehead atoms. The molecule has 2 aromatic rings. The van der Waals surface area contributed by atoms with Crippen molar-refractivity contribution in [1.82, 2.24) is 9.88 Å². The molecule has 0 aliphatic rings. The second-order valence-electron chi connectivity index (χ2n) is 5.03. The molecular formula is C17H19N3OS. The molecule has 0 N–H and O–H groups in total.